The third kappa shape index (κ3) is 8.27. The molecule has 192 valence electrons. The van der Waals surface area contributed by atoms with Crippen molar-refractivity contribution in [1.82, 2.24) is 10.2 Å². The lowest BCUT2D eigenvalue weighted by Crippen LogP contribution is -2.52. The van der Waals surface area contributed by atoms with Crippen molar-refractivity contribution in [2.45, 2.75) is 45.7 Å². The number of nitrogens with zero attached hydrogens (tertiary/aromatic N) is 2. The monoisotopic (exact) mass is 561 g/mol. The molecule has 0 heterocycles. The van der Waals surface area contributed by atoms with Gasteiger partial charge in [-0.25, -0.2) is 8.42 Å². The summed E-state index contributed by atoms with van der Waals surface area (Å²) in [7, 11) is -3.94. The van der Waals surface area contributed by atoms with Gasteiger partial charge < -0.3 is 10.2 Å². The summed E-state index contributed by atoms with van der Waals surface area (Å²) < 4.78 is 26.2. The van der Waals surface area contributed by atoms with Gasteiger partial charge in [-0.15, -0.1) is 0 Å². The molecular formula is C24H30Cl3N3O4S. The minimum absolute atomic E-state index is 0.0246. The van der Waals surface area contributed by atoms with Crippen LogP contribution >= 0.6 is 34.8 Å². The van der Waals surface area contributed by atoms with E-state index in [1.165, 1.54) is 17.0 Å². The van der Waals surface area contributed by atoms with Crippen molar-refractivity contribution in [1.29, 1.82) is 0 Å². The van der Waals surface area contributed by atoms with E-state index in [1.54, 1.807) is 6.92 Å². The van der Waals surface area contributed by atoms with E-state index in [4.69, 9.17) is 34.8 Å². The zero-order valence-electron chi connectivity index (χ0n) is 19.9. The molecule has 0 saturated carbocycles. The molecule has 35 heavy (non-hydrogen) atoms. The van der Waals surface area contributed by atoms with Crippen molar-refractivity contribution in [3.63, 3.8) is 0 Å². The number of sulfonamides is 1. The molecule has 1 N–H and O–H groups in total. The molecule has 2 aromatic carbocycles. The van der Waals surface area contributed by atoms with E-state index in [0.29, 0.717) is 13.0 Å². The minimum Gasteiger partial charge on any atom is -0.354 e. The van der Waals surface area contributed by atoms with Gasteiger partial charge in [0.25, 0.3) is 0 Å². The van der Waals surface area contributed by atoms with Crippen LogP contribution in [0.25, 0.3) is 0 Å². The number of hydrogen-bond donors (Lipinski definition) is 1. The van der Waals surface area contributed by atoms with Crippen molar-refractivity contribution < 1.29 is 18.0 Å². The molecule has 11 heteroatoms. The maximum Gasteiger partial charge on any atom is 0.244 e. The predicted molar refractivity (Wildman–Crippen MR) is 143 cm³/mol. The maximum absolute atomic E-state index is 13.6. The zero-order chi connectivity index (χ0) is 26.2. The predicted octanol–water partition coefficient (Wildman–Crippen LogP) is 5.14. The Bertz CT molecular complexity index is 1130. The van der Waals surface area contributed by atoms with Crippen LogP contribution in [-0.2, 0) is 26.2 Å². The summed E-state index contributed by atoms with van der Waals surface area (Å²) in [6, 6.07) is 11.0. The number of rotatable bonds is 12. The fraction of sp³-hybridized carbons (Fsp3) is 0.417. The van der Waals surface area contributed by atoms with Crippen molar-refractivity contribution >= 4 is 62.3 Å². The van der Waals surface area contributed by atoms with Gasteiger partial charge in [0.2, 0.25) is 21.8 Å². The molecule has 7 nitrogen and oxygen atoms in total. The summed E-state index contributed by atoms with van der Waals surface area (Å²) in [5.74, 6) is -0.845. The second-order valence-electron chi connectivity index (χ2n) is 8.06. The number of benzene rings is 2. The van der Waals surface area contributed by atoms with Gasteiger partial charge in [0.05, 0.1) is 27.0 Å². The van der Waals surface area contributed by atoms with Gasteiger partial charge in [-0.3, -0.25) is 13.9 Å². The average molecular weight is 563 g/mol. The number of hydrogen-bond acceptors (Lipinski definition) is 4. The van der Waals surface area contributed by atoms with Crippen LogP contribution in [0.15, 0.2) is 42.5 Å². The molecular weight excluding hydrogens is 533 g/mol. The van der Waals surface area contributed by atoms with E-state index in [-0.39, 0.29) is 33.2 Å². The lowest BCUT2D eigenvalue weighted by molar-refractivity contribution is -0.140. The van der Waals surface area contributed by atoms with Crippen LogP contribution in [-0.4, -0.2) is 50.5 Å². The third-order valence-electron chi connectivity index (χ3n) is 5.35. The van der Waals surface area contributed by atoms with Gasteiger partial charge in [0.1, 0.15) is 12.6 Å². The summed E-state index contributed by atoms with van der Waals surface area (Å²) in [6.45, 7) is 3.88. The summed E-state index contributed by atoms with van der Waals surface area (Å²) in [5.41, 5.74) is 0.830. The van der Waals surface area contributed by atoms with Crippen LogP contribution in [0.5, 0.6) is 0 Å². The molecule has 0 spiro atoms. The first-order chi connectivity index (χ1) is 16.5. The van der Waals surface area contributed by atoms with Gasteiger partial charge >= 0.3 is 0 Å². The average Bonchev–Trinajstić information content (AvgIpc) is 2.80. The summed E-state index contributed by atoms with van der Waals surface area (Å²) in [6.07, 6.45) is 3.04. The Morgan fingerprint density at radius 2 is 1.63 bits per heavy atom. The second-order valence-corrected chi connectivity index (χ2v) is 11.2. The first kappa shape index (κ1) is 29.2. The van der Waals surface area contributed by atoms with Crippen LogP contribution in [0.2, 0.25) is 15.1 Å². The molecule has 0 unspecified atom stereocenters. The maximum atomic E-state index is 13.6. The second kappa shape index (κ2) is 13.3. The third-order valence-corrected chi connectivity index (χ3v) is 7.50. The van der Waals surface area contributed by atoms with Gasteiger partial charge in [-0.05, 0) is 30.5 Å². The zero-order valence-corrected chi connectivity index (χ0v) is 23.0. The molecule has 0 aliphatic carbocycles. The van der Waals surface area contributed by atoms with Gasteiger partial charge in [0, 0.05) is 13.1 Å². The first-order valence-corrected chi connectivity index (χ1v) is 14.2. The fourth-order valence-corrected chi connectivity index (χ4v) is 5.05. The highest BCUT2D eigenvalue weighted by Crippen LogP contribution is 2.35. The van der Waals surface area contributed by atoms with E-state index in [2.05, 4.69) is 5.32 Å². The fourth-order valence-electron chi connectivity index (χ4n) is 3.50. The van der Waals surface area contributed by atoms with E-state index >= 15 is 0 Å². The number of amides is 2. The van der Waals surface area contributed by atoms with E-state index in [1.807, 2.05) is 37.3 Å². The topological polar surface area (TPSA) is 86.8 Å². The Kier molecular flexibility index (Phi) is 11.1. The van der Waals surface area contributed by atoms with Gasteiger partial charge in [0.15, 0.2) is 0 Å². The normalized spacial score (nSPS) is 12.2. The Morgan fingerprint density at radius 1 is 1.00 bits per heavy atom. The Morgan fingerprint density at radius 3 is 2.20 bits per heavy atom. The molecule has 0 fully saturated rings. The molecule has 0 saturated heterocycles. The van der Waals surface area contributed by atoms with E-state index < -0.39 is 28.5 Å². The molecule has 0 radical (unpaired) electrons. The highest BCUT2D eigenvalue weighted by atomic mass is 35.5. The quantitative estimate of drug-likeness (QED) is 0.287. The number of nitrogens with one attached hydrogen (secondary N) is 1. The molecule has 2 aromatic rings. The van der Waals surface area contributed by atoms with Gasteiger partial charge in [-0.2, -0.15) is 0 Å². The van der Waals surface area contributed by atoms with E-state index in [0.717, 1.165) is 29.0 Å². The largest absolute Gasteiger partial charge is 0.354 e. The van der Waals surface area contributed by atoms with Crippen molar-refractivity contribution in [2.75, 3.05) is 23.7 Å². The van der Waals surface area contributed by atoms with Crippen molar-refractivity contribution in [3.8, 4) is 0 Å². The van der Waals surface area contributed by atoms with Crippen LogP contribution in [0.4, 0.5) is 5.69 Å². The van der Waals surface area contributed by atoms with Gasteiger partial charge in [-0.1, -0.05) is 85.4 Å². The summed E-state index contributed by atoms with van der Waals surface area (Å²) >= 11 is 18.4. The molecule has 2 rings (SSSR count). The highest BCUT2D eigenvalue weighted by Gasteiger charge is 2.32. The van der Waals surface area contributed by atoms with Crippen molar-refractivity contribution in [2.24, 2.45) is 0 Å². The van der Waals surface area contributed by atoms with Crippen LogP contribution in [0.3, 0.4) is 0 Å². The number of unbranched alkanes of at least 4 members (excludes halogenated alkanes) is 1. The SMILES string of the molecule is CCCCNC(=O)[C@@H](CC)N(Cc1ccccc1)C(=O)CN(c1cc(Cl)c(Cl)cc1Cl)S(C)(=O)=O. The molecule has 0 aromatic heterocycles. The Labute approximate surface area is 222 Å². The van der Waals surface area contributed by atoms with Crippen LogP contribution in [0, 0.1) is 0 Å². The lowest BCUT2D eigenvalue weighted by atomic mass is 10.1. The standard InChI is InChI=1S/C24H30Cl3N3O4S/c1-4-6-12-28-24(32)21(5-2)29(15-17-10-8-7-9-11-17)23(31)16-30(35(3,33)34)22-14-19(26)18(25)13-20(22)27/h7-11,13-14,21H,4-6,12,15-16H2,1-3H3,(H,28,32)/t21-/m1/s1. The lowest BCUT2D eigenvalue weighted by Gasteiger charge is -2.33. The molecule has 2 amide bonds. The van der Waals surface area contributed by atoms with Crippen molar-refractivity contribution in [3.05, 3.63) is 63.1 Å². The Balaban J connectivity index is 2.44. The number of carbonyl (C=O) groups is 2. The minimum atomic E-state index is -3.94. The van der Waals surface area contributed by atoms with Crippen LogP contribution in [0.1, 0.15) is 38.7 Å². The molecule has 1 atom stereocenters. The molecule has 0 aliphatic rings. The number of halogens is 3. The first-order valence-electron chi connectivity index (χ1n) is 11.2. The summed E-state index contributed by atoms with van der Waals surface area (Å²) in [4.78, 5) is 28.0. The van der Waals surface area contributed by atoms with Crippen LogP contribution < -0.4 is 9.62 Å². The number of anilines is 1. The highest BCUT2D eigenvalue weighted by molar-refractivity contribution is 7.92. The summed E-state index contributed by atoms with van der Waals surface area (Å²) in [5, 5.41) is 3.15. The Hall–Kier alpha value is -2.00. The molecule has 0 aliphatic heterocycles. The molecule has 0 bridgehead atoms. The smallest absolute Gasteiger partial charge is 0.244 e. The number of carbonyl (C=O) groups excluding carboxylic acids is 2. The van der Waals surface area contributed by atoms with E-state index in [9.17, 15) is 18.0 Å².